The number of piperazine rings is 1. The van der Waals surface area contributed by atoms with Crippen LogP contribution in [0.15, 0.2) is 0 Å². The van der Waals surface area contributed by atoms with Gasteiger partial charge in [-0.1, -0.05) is 0 Å². The quantitative estimate of drug-likeness (QED) is 0.652. The van der Waals surface area contributed by atoms with E-state index in [0.717, 1.165) is 0 Å². The van der Waals surface area contributed by atoms with Crippen LogP contribution in [-0.4, -0.2) is 83.2 Å². The molecule has 1 heterocycles. The van der Waals surface area contributed by atoms with Gasteiger partial charge in [-0.25, -0.2) is 0 Å². The Morgan fingerprint density at radius 2 is 1.80 bits per heavy atom. The Labute approximate surface area is 128 Å². The van der Waals surface area contributed by atoms with Crippen molar-refractivity contribution < 1.29 is 17.9 Å². The lowest BCUT2D eigenvalue weighted by Crippen LogP contribution is -2.57. The van der Waals surface area contributed by atoms with E-state index in [1.165, 1.54) is 4.31 Å². The molecule has 1 fully saturated rings. The standard InChI is InChI=1S/C11H25N3O4S.ClH/c1-11-10-12-4-5-14(11)19(15,16)13(6-8-17-2)7-9-18-3;/h11-12H,4-10H2,1-3H3;1H. The van der Waals surface area contributed by atoms with Crippen LogP contribution < -0.4 is 5.32 Å². The number of methoxy groups -OCH3 is 2. The van der Waals surface area contributed by atoms with E-state index in [2.05, 4.69) is 5.32 Å². The molecule has 122 valence electrons. The van der Waals surface area contributed by atoms with Gasteiger partial charge < -0.3 is 14.8 Å². The molecule has 0 aromatic heterocycles. The fourth-order valence-electron chi connectivity index (χ4n) is 2.04. The molecule has 7 nitrogen and oxygen atoms in total. The summed E-state index contributed by atoms with van der Waals surface area (Å²) in [6, 6.07) is -0.0358. The maximum Gasteiger partial charge on any atom is 0.282 e. The van der Waals surface area contributed by atoms with Gasteiger partial charge in [0.05, 0.1) is 13.2 Å². The minimum absolute atomic E-state index is 0. The SMILES string of the molecule is COCCN(CCOC)S(=O)(=O)N1CCNCC1C.Cl. The molecule has 0 aromatic carbocycles. The topological polar surface area (TPSA) is 71.1 Å². The van der Waals surface area contributed by atoms with Crippen molar-refractivity contribution >= 4 is 22.6 Å². The molecule has 1 unspecified atom stereocenters. The van der Waals surface area contributed by atoms with Gasteiger partial charge >= 0.3 is 0 Å². The van der Waals surface area contributed by atoms with Gasteiger partial charge in [-0.05, 0) is 6.92 Å². The van der Waals surface area contributed by atoms with Gasteiger partial charge in [0.15, 0.2) is 0 Å². The fourth-order valence-corrected chi connectivity index (χ4v) is 3.80. The van der Waals surface area contributed by atoms with Crippen molar-refractivity contribution in [3.8, 4) is 0 Å². The summed E-state index contributed by atoms with van der Waals surface area (Å²) in [5.74, 6) is 0. The molecule has 9 heteroatoms. The monoisotopic (exact) mass is 331 g/mol. The lowest BCUT2D eigenvalue weighted by molar-refractivity contribution is 0.143. The first kappa shape index (κ1) is 20.0. The van der Waals surface area contributed by atoms with E-state index in [-0.39, 0.29) is 18.4 Å². The molecular formula is C11H26ClN3O4S. The molecule has 20 heavy (non-hydrogen) atoms. The van der Waals surface area contributed by atoms with E-state index in [1.807, 2.05) is 6.92 Å². The fraction of sp³-hybridized carbons (Fsp3) is 1.00. The maximum atomic E-state index is 12.6. The number of nitrogens with zero attached hydrogens (tertiary/aromatic N) is 2. The van der Waals surface area contributed by atoms with Crippen molar-refractivity contribution in [2.75, 3.05) is 60.2 Å². The normalized spacial score (nSPS) is 20.9. The first-order chi connectivity index (χ1) is 9.04. The molecule has 1 rings (SSSR count). The Kier molecular flexibility index (Phi) is 9.90. The van der Waals surface area contributed by atoms with Crippen molar-refractivity contribution in [3.05, 3.63) is 0 Å². The third-order valence-electron chi connectivity index (χ3n) is 3.15. The van der Waals surface area contributed by atoms with Crippen molar-refractivity contribution in [1.29, 1.82) is 0 Å². The Balaban J connectivity index is 0.00000361. The molecule has 0 bridgehead atoms. The van der Waals surface area contributed by atoms with Crippen molar-refractivity contribution in [1.82, 2.24) is 13.9 Å². The second-order valence-electron chi connectivity index (χ2n) is 4.56. The van der Waals surface area contributed by atoms with Crippen molar-refractivity contribution in [3.63, 3.8) is 0 Å². The highest BCUT2D eigenvalue weighted by atomic mass is 35.5. The molecule has 1 atom stereocenters. The molecule has 0 aliphatic carbocycles. The van der Waals surface area contributed by atoms with Crippen LogP contribution in [0.5, 0.6) is 0 Å². The van der Waals surface area contributed by atoms with Gasteiger partial charge in [0, 0.05) is 53.0 Å². The second-order valence-corrected chi connectivity index (χ2v) is 6.44. The second kappa shape index (κ2) is 9.88. The Morgan fingerprint density at radius 1 is 1.25 bits per heavy atom. The van der Waals surface area contributed by atoms with E-state index in [9.17, 15) is 8.42 Å². The summed E-state index contributed by atoms with van der Waals surface area (Å²) in [4.78, 5) is 0. The summed E-state index contributed by atoms with van der Waals surface area (Å²) in [5, 5.41) is 3.19. The molecule has 1 aliphatic heterocycles. The lowest BCUT2D eigenvalue weighted by Gasteiger charge is -2.36. The molecule has 1 N–H and O–H groups in total. The highest BCUT2D eigenvalue weighted by molar-refractivity contribution is 7.86. The van der Waals surface area contributed by atoms with Crippen molar-refractivity contribution in [2.24, 2.45) is 0 Å². The third-order valence-corrected chi connectivity index (χ3v) is 5.31. The van der Waals surface area contributed by atoms with Crippen LogP contribution in [0.1, 0.15) is 6.92 Å². The van der Waals surface area contributed by atoms with Gasteiger partial charge in [-0.3, -0.25) is 0 Å². The van der Waals surface area contributed by atoms with E-state index in [0.29, 0.717) is 45.9 Å². The summed E-state index contributed by atoms with van der Waals surface area (Å²) < 4.78 is 38.2. The van der Waals surface area contributed by atoms with Gasteiger partial charge in [-0.2, -0.15) is 17.0 Å². The van der Waals surface area contributed by atoms with E-state index >= 15 is 0 Å². The minimum Gasteiger partial charge on any atom is -0.383 e. The summed E-state index contributed by atoms with van der Waals surface area (Å²) in [7, 11) is -0.323. The van der Waals surface area contributed by atoms with Gasteiger partial charge in [0.2, 0.25) is 0 Å². The maximum absolute atomic E-state index is 12.6. The Bertz CT molecular complexity index is 348. The molecule has 0 radical (unpaired) electrons. The average Bonchev–Trinajstić information content (AvgIpc) is 2.39. The molecular weight excluding hydrogens is 306 g/mol. The van der Waals surface area contributed by atoms with E-state index < -0.39 is 10.2 Å². The van der Waals surface area contributed by atoms with Gasteiger partial charge in [0.1, 0.15) is 0 Å². The predicted octanol–water partition coefficient (Wildman–Crippen LogP) is -0.458. The zero-order valence-corrected chi connectivity index (χ0v) is 14.0. The highest BCUT2D eigenvalue weighted by Gasteiger charge is 2.34. The largest absolute Gasteiger partial charge is 0.383 e. The molecule has 0 spiro atoms. The van der Waals surface area contributed by atoms with Gasteiger partial charge in [0.25, 0.3) is 10.2 Å². The predicted molar refractivity (Wildman–Crippen MR) is 80.5 cm³/mol. The number of hydrogen-bond donors (Lipinski definition) is 1. The number of rotatable bonds is 8. The first-order valence-electron chi connectivity index (χ1n) is 6.49. The molecule has 0 saturated carbocycles. The number of hydrogen-bond acceptors (Lipinski definition) is 5. The summed E-state index contributed by atoms with van der Waals surface area (Å²) >= 11 is 0. The zero-order chi connectivity index (χ0) is 14.3. The van der Waals surface area contributed by atoms with Crippen LogP contribution in [0.25, 0.3) is 0 Å². The first-order valence-corrected chi connectivity index (χ1v) is 7.89. The Hall–Kier alpha value is 0.0400. The molecule has 0 aromatic rings. The highest BCUT2D eigenvalue weighted by Crippen LogP contribution is 2.14. The van der Waals surface area contributed by atoms with E-state index in [1.54, 1.807) is 18.5 Å². The Morgan fingerprint density at radius 3 is 2.25 bits per heavy atom. The summed E-state index contributed by atoms with van der Waals surface area (Å²) in [6.07, 6.45) is 0. The van der Waals surface area contributed by atoms with Crippen LogP contribution in [-0.2, 0) is 19.7 Å². The molecule has 0 amide bonds. The third kappa shape index (κ3) is 5.44. The van der Waals surface area contributed by atoms with Crippen LogP contribution in [0.3, 0.4) is 0 Å². The minimum atomic E-state index is -3.45. The smallest absolute Gasteiger partial charge is 0.282 e. The average molecular weight is 332 g/mol. The van der Waals surface area contributed by atoms with Crippen LogP contribution >= 0.6 is 12.4 Å². The summed E-state index contributed by atoms with van der Waals surface area (Å²) in [5.41, 5.74) is 0. The van der Waals surface area contributed by atoms with Crippen LogP contribution in [0, 0.1) is 0 Å². The van der Waals surface area contributed by atoms with E-state index in [4.69, 9.17) is 9.47 Å². The lowest BCUT2D eigenvalue weighted by atomic mass is 10.3. The number of halogens is 1. The summed E-state index contributed by atoms with van der Waals surface area (Å²) in [6.45, 7) is 5.23. The molecule has 1 aliphatic rings. The number of ether oxygens (including phenoxy) is 2. The molecule has 1 saturated heterocycles. The number of nitrogens with one attached hydrogen (secondary N) is 1. The van der Waals surface area contributed by atoms with Crippen LogP contribution in [0.4, 0.5) is 0 Å². The van der Waals surface area contributed by atoms with Gasteiger partial charge in [-0.15, -0.1) is 12.4 Å². The zero-order valence-electron chi connectivity index (χ0n) is 12.4. The van der Waals surface area contributed by atoms with Crippen molar-refractivity contribution in [2.45, 2.75) is 13.0 Å². The van der Waals surface area contributed by atoms with Crippen LogP contribution in [0.2, 0.25) is 0 Å².